The van der Waals surface area contributed by atoms with Gasteiger partial charge in [0, 0.05) is 30.2 Å². The van der Waals surface area contributed by atoms with Crippen LogP contribution in [0.25, 0.3) is 0 Å². The van der Waals surface area contributed by atoms with Crippen molar-refractivity contribution in [3.8, 4) is 0 Å². The molecule has 0 amide bonds. The van der Waals surface area contributed by atoms with Crippen molar-refractivity contribution in [3.63, 3.8) is 0 Å². The highest BCUT2D eigenvalue weighted by Gasteiger charge is 2.29. The van der Waals surface area contributed by atoms with Gasteiger partial charge in [0.1, 0.15) is 4.90 Å². The lowest BCUT2D eigenvalue weighted by Gasteiger charge is -2.21. The van der Waals surface area contributed by atoms with Crippen LogP contribution in [0.4, 0.5) is 0 Å². The summed E-state index contributed by atoms with van der Waals surface area (Å²) in [6, 6.07) is 2.85. The first-order chi connectivity index (χ1) is 9.87. The normalized spacial score (nSPS) is 18.7. The van der Waals surface area contributed by atoms with E-state index in [1.165, 1.54) is 16.4 Å². The van der Waals surface area contributed by atoms with Gasteiger partial charge < -0.3 is 10.0 Å². The molecular formula is C13H18Cl2N2O3S. The molecule has 0 saturated carbocycles. The Hall–Kier alpha value is -0.370. The number of rotatable bonds is 3. The zero-order chi connectivity index (χ0) is 15.6. The topological polar surface area (TPSA) is 60.9 Å². The molecule has 0 bridgehead atoms. The summed E-state index contributed by atoms with van der Waals surface area (Å²) in [6.45, 7) is 2.02. The maximum atomic E-state index is 12.7. The maximum Gasteiger partial charge on any atom is 0.244 e. The van der Waals surface area contributed by atoms with E-state index in [4.69, 9.17) is 23.2 Å². The lowest BCUT2D eigenvalue weighted by Crippen LogP contribution is -2.34. The lowest BCUT2D eigenvalue weighted by molar-refractivity contribution is 0.281. The maximum absolute atomic E-state index is 12.7. The van der Waals surface area contributed by atoms with E-state index in [1.807, 2.05) is 7.05 Å². The molecule has 0 atom stereocenters. The van der Waals surface area contributed by atoms with E-state index in [0.29, 0.717) is 19.6 Å². The number of hydrogen-bond donors (Lipinski definition) is 1. The zero-order valence-electron chi connectivity index (χ0n) is 11.7. The van der Waals surface area contributed by atoms with Crippen molar-refractivity contribution in [2.75, 3.05) is 33.2 Å². The number of benzene rings is 1. The van der Waals surface area contributed by atoms with Gasteiger partial charge in [0.15, 0.2) is 0 Å². The van der Waals surface area contributed by atoms with Gasteiger partial charge in [-0.3, -0.25) is 0 Å². The van der Waals surface area contributed by atoms with Crippen LogP contribution >= 0.6 is 23.2 Å². The summed E-state index contributed by atoms with van der Waals surface area (Å²) in [7, 11) is -1.72. The van der Waals surface area contributed by atoms with E-state index in [0.717, 1.165) is 13.0 Å². The Bertz CT molecular complexity index is 622. The number of hydrogen-bond acceptors (Lipinski definition) is 4. The first-order valence-electron chi connectivity index (χ1n) is 6.64. The molecule has 0 aromatic heterocycles. The van der Waals surface area contributed by atoms with Crippen molar-refractivity contribution in [2.45, 2.75) is 17.9 Å². The average molecular weight is 353 g/mol. The van der Waals surface area contributed by atoms with Gasteiger partial charge in [-0.25, -0.2) is 8.42 Å². The highest BCUT2D eigenvalue weighted by atomic mass is 35.5. The fraction of sp³-hybridized carbons (Fsp3) is 0.538. The molecule has 1 aromatic carbocycles. The molecule has 0 spiro atoms. The monoisotopic (exact) mass is 352 g/mol. The molecule has 1 saturated heterocycles. The first kappa shape index (κ1) is 17.0. The van der Waals surface area contributed by atoms with Crippen LogP contribution in [-0.2, 0) is 16.6 Å². The third kappa shape index (κ3) is 3.52. The molecule has 0 aliphatic carbocycles. The number of aliphatic hydroxyl groups is 1. The van der Waals surface area contributed by atoms with Crippen molar-refractivity contribution in [3.05, 3.63) is 27.7 Å². The lowest BCUT2D eigenvalue weighted by atomic mass is 10.2. The predicted molar refractivity (Wildman–Crippen MR) is 83.3 cm³/mol. The van der Waals surface area contributed by atoms with Crippen molar-refractivity contribution >= 4 is 33.2 Å². The largest absolute Gasteiger partial charge is 0.392 e. The van der Waals surface area contributed by atoms with Gasteiger partial charge in [-0.2, -0.15) is 4.31 Å². The summed E-state index contributed by atoms with van der Waals surface area (Å²) >= 11 is 12.0. The third-order valence-corrected chi connectivity index (χ3v) is 6.44. The molecule has 21 heavy (non-hydrogen) atoms. The molecule has 118 valence electrons. The Morgan fingerprint density at radius 2 is 1.90 bits per heavy atom. The second kappa shape index (κ2) is 6.81. The van der Waals surface area contributed by atoms with Crippen LogP contribution in [0.5, 0.6) is 0 Å². The predicted octanol–water partition coefficient (Wildman–Crippen LogP) is 1.81. The first-order valence-corrected chi connectivity index (χ1v) is 8.84. The summed E-state index contributed by atoms with van der Waals surface area (Å²) in [4.78, 5) is 2.10. The standard InChI is InChI=1S/C13H18Cl2N2O3S/c1-16-5-2-6-17(8-7-16)21(19,20)12-4-3-11(14)10(9-18)13(12)15/h3-4,18H,2,5-9H2,1H3. The van der Waals surface area contributed by atoms with Gasteiger partial charge >= 0.3 is 0 Å². The minimum absolute atomic E-state index is 0.00201. The summed E-state index contributed by atoms with van der Waals surface area (Å²) in [5, 5.41) is 9.56. The molecule has 1 fully saturated rings. The Morgan fingerprint density at radius 1 is 1.19 bits per heavy atom. The van der Waals surface area contributed by atoms with Crippen molar-refractivity contribution < 1.29 is 13.5 Å². The highest BCUT2D eigenvalue weighted by molar-refractivity contribution is 7.89. The van der Waals surface area contributed by atoms with Crippen LogP contribution < -0.4 is 0 Å². The number of halogens is 2. The molecule has 1 heterocycles. The molecule has 8 heteroatoms. The van der Waals surface area contributed by atoms with Crippen LogP contribution in [0.3, 0.4) is 0 Å². The minimum atomic E-state index is -3.68. The smallest absolute Gasteiger partial charge is 0.244 e. The van der Waals surface area contributed by atoms with Gasteiger partial charge in [0.2, 0.25) is 10.0 Å². The van der Waals surface area contributed by atoms with Gasteiger partial charge in [0.05, 0.1) is 11.6 Å². The van der Waals surface area contributed by atoms with E-state index < -0.39 is 16.6 Å². The Labute approximate surface area is 135 Å². The minimum Gasteiger partial charge on any atom is -0.392 e. The molecule has 5 nitrogen and oxygen atoms in total. The third-order valence-electron chi connectivity index (χ3n) is 3.61. The second-order valence-electron chi connectivity index (χ2n) is 5.06. The second-order valence-corrected chi connectivity index (χ2v) is 7.75. The van der Waals surface area contributed by atoms with Crippen LogP contribution in [-0.4, -0.2) is 56.0 Å². The van der Waals surface area contributed by atoms with Gasteiger partial charge in [-0.15, -0.1) is 0 Å². The molecule has 1 aliphatic heterocycles. The zero-order valence-corrected chi connectivity index (χ0v) is 14.0. The highest BCUT2D eigenvalue weighted by Crippen LogP contribution is 2.32. The fourth-order valence-corrected chi connectivity index (χ4v) is 4.66. The average Bonchev–Trinajstić information content (AvgIpc) is 2.64. The van der Waals surface area contributed by atoms with Crippen molar-refractivity contribution in [1.29, 1.82) is 0 Å². The van der Waals surface area contributed by atoms with Gasteiger partial charge in [-0.1, -0.05) is 23.2 Å². The van der Waals surface area contributed by atoms with E-state index in [1.54, 1.807) is 0 Å². The fourth-order valence-electron chi connectivity index (χ4n) is 2.32. The quantitative estimate of drug-likeness (QED) is 0.901. The molecule has 0 radical (unpaired) electrons. The summed E-state index contributed by atoms with van der Waals surface area (Å²) in [5.41, 5.74) is 0.242. The van der Waals surface area contributed by atoms with Crippen molar-refractivity contribution in [1.82, 2.24) is 9.21 Å². The molecule has 1 N–H and O–H groups in total. The van der Waals surface area contributed by atoms with Gasteiger partial charge in [0.25, 0.3) is 0 Å². The summed E-state index contributed by atoms with van der Waals surface area (Å²) in [6.07, 6.45) is 0.772. The Morgan fingerprint density at radius 3 is 2.57 bits per heavy atom. The van der Waals surface area contributed by atoms with Crippen LogP contribution in [0, 0.1) is 0 Å². The summed E-state index contributed by atoms with van der Waals surface area (Å²) < 4.78 is 26.9. The number of sulfonamides is 1. The van der Waals surface area contributed by atoms with E-state index in [9.17, 15) is 13.5 Å². The number of nitrogens with zero attached hydrogens (tertiary/aromatic N) is 2. The number of likely N-dealkylation sites (N-methyl/N-ethyl adjacent to an activating group) is 1. The SMILES string of the molecule is CN1CCCN(S(=O)(=O)c2ccc(Cl)c(CO)c2Cl)CC1. The molecule has 1 aliphatic rings. The van der Waals surface area contributed by atoms with Crippen LogP contribution in [0.15, 0.2) is 17.0 Å². The molecule has 1 aromatic rings. The van der Waals surface area contributed by atoms with Crippen LogP contribution in [0.2, 0.25) is 10.0 Å². The van der Waals surface area contributed by atoms with Crippen molar-refractivity contribution in [2.24, 2.45) is 0 Å². The molecular weight excluding hydrogens is 335 g/mol. The van der Waals surface area contributed by atoms with E-state index in [2.05, 4.69) is 4.90 Å². The van der Waals surface area contributed by atoms with E-state index in [-0.39, 0.29) is 20.5 Å². The Balaban J connectivity index is 2.40. The van der Waals surface area contributed by atoms with E-state index >= 15 is 0 Å². The molecule has 2 rings (SSSR count). The van der Waals surface area contributed by atoms with Gasteiger partial charge in [-0.05, 0) is 32.1 Å². The molecule has 0 unspecified atom stereocenters. The number of aliphatic hydroxyl groups excluding tert-OH is 1. The van der Waals surface area contributed by atoms with Crippen LogP contribution in [0.1, 0.15) is 12.0 Å². The Kier molecular flexibility index (Phi) is 5.51. The summed E-state index contributed by atoms with van der Waals surface area (Å²) in [5.74, 6) is 0.